The van der Waals surface area contributed by atoms with Gasteiger partial charge in [0.25, 0.3) is 0 Å². The van der Waals surface area contributed by atoms with Crippen molar-refractivity contribution >= 4 is 6.01 Å². The van der Waals surface area contributed by atoms with Gasteiger partial charge in [0.1, 0.15) is 0 Å². The van der Waals surface area contributed by atoms with Crippen LogP contribution in [-0.4, -0.2) is 21.3 Å². The van der Waals surface area contributed by atoms with Gasteiger partial charge in [-0.25, -0.2) is 0 Å². The maximum absolute atomic E-state index is 5.58. The Morgan fingerprint density at radius 1 is 1.06 bits per heavy atom. The van der Waals surface area contributed by atoms with Crippen LogP contribution < -0.4 is 10.6 Å². The fourth-order valence-electron chi connectivity index (χ4n) is 1.40. The van der Waals surface area contributed by atoms with Crippen LogP contribution in [0.2, 0.25) is 0 Å². The summed E-state index contributed by atoms with van der Waals surface area (Å²) in [5, 5.41) is 14.7. The van der Waals surface area contributed by atoms with Crippen molar-refractivity contribution in [2.24, 2.45) is 0 Å². The lowest BCUT2D eigenvalue weighted by atomic mass is 9.96. The molecule has 0 aliphatic heterocycles. The molecule has 0 saturated carbocycles. The van der Waals surface area contributed by atoms with Crippen molar-refractivity contribution in [2.45, 2.75) is 72.0 Å². The maximum Gasteiger partial charge on any atom is 0.315 e. The van der Waals surface area contributed by atoms with Gasteiger partial charge in [-0.2, -0.15) is 0 Å². The highest BCUT2D eigenvalue weighted by Crippen LogP contribution is 2.20. The largest absolute Gasteiger partial charge is 0.407 e. The molecule has 0 aromatic carbocycles. The Morgan fingerprint density at radius 3 is 2.17 bits per heavy atom. The molecule has 0 fully saturated rings. The van der Waals surface area contributed by atoms with Gasteiger partial charge in [-0.1, -0.05) is 18.9 Å². The Kier molecular flexibility index (Phi) is 4.73. The van der Waals surface area contributed by atoms with E-state index in [1.165, 1.54) is 0 Å². The number of anilines is 1. The molecule has 1 aromatic rings. The lowest BCUT2D eigenvalue weighted by Crippen LogP contribution is -2.35. The van der Waals surface area contributed by atoms with E-state index in [1.807, 2.05) is 0 Å². The van der Waals surface area contributed by atoms with Crippen LogP contribution in [0.5, 0.6) is 0 Å². The normalized spacial score (nSPS) is 12.8. The first-order chi connectivity index (χ1) is 8.28. The molecule has 0 unspecified atom stereocenters. The van der Waals surface area contributed by atoms with Gasteiger partial charge in [0.15, 0.2) is 0 Å². The van der Waals surface area contributed by atoms with E-state index in [1.54, 1.807) is 0 Å². The minimum Gasteiger partial charge on any atom is -0.407 e. The molecule has 2 N–H and O–H groups in total. The van der Waals surface area contributed by atoms with Crippen molar-refractivity contribution < 1.29 is 4.42 Å². The Labute approximate surface area is 110 Å². The maximum atomic E-state index is 5.58. The van der Waals surface area contributed by atoms with Crippen LogP contribution >= 0.6 is 0 Å². The first-order valence-electron chi connectivity index (χ1n) is 6.63. The van der Waals surface area contributed by atoms with E-state index in [0.29, 0.717) is 18.5 Å². The molecule has 5 heteroatoms. The van der Waals surface area contributed by atoms with E-state index in [9.17, 15) is 0 Å². The van der Waals surface area contributed by atoms with Gasteiger partial charge in [0.05, 0.1) is 6.54 Å². The van der Waals surface area contributed by atoms with Crippen LogP contribution in [0.1, 0.15) is 60.3 Å². The van der Waals surface area contributed by atoms with Crippen molar-refractivity contribution in [3.05, 3.63) is 5.89 Å². The van der Waals surface area contributed by atoms with Crippen molar-refractivity contribution in [3.8, 4) is 0 Å². The quantitative estimate of drug-likeness (QED) is 0.817. The fourth-order valence-corrected chi connectivity index (χ4v) is 1.40. The van der Waals surface area contributed by atoms with Gasteiger partial charge >= 0.3 is 6.01 Å². The summed E-state index contributed by atoms with van der Waals surface area (Å²) in [7, 11) is 0. The molecule has 0 bridgehead atoms. The molecule has 1 rings (SSSR count). The molecule has 1 aromatic heterocycles. The summed E-state index contributed by atoms with van der Waals surface area (Å²) < 4.78 is 5.58. The third kappa shape index (κ3) is 4.64. The predicted molar refractivity (Wildman–Crippen MR) is 73.5 cm³/mol. The molecule has 0 amide bonds. The minimum atomic E-state index is 0.0151. The smallest absolute Gasteiger partial charge is 0.315 e. The van der Waals surface area contributed by atoms with Gasteiger partial charge in [-0.15, -0.1) is 5.10 Å². The SMILES string of the molecule is CCC(C)(CC)Nc1nnc(CNC(C)(C)C)o1. The molecule has 104 valence electrons. The fraction of sp³-hybridized carbons (Fsp3) is 0.846. The molecule has 0 atom stereocenters. The summed E-state index contributed by atoms with van der Waals surface area (Å²) in [6.07, 6.45) is 2.03. The highest BCUT2D eigenvalue weighted by Gasteiger charge is 2.22. The molecule has 0 saturated heterocycles. The Balaban J connectivity index is 2.58. The van der Waals surface area contributed by atoms with Crippen LogP contribution in [0, 0.1) is 0 Å². The van der Waals surface area contributed by atoms with Gasteiger partial charge in [0.2, 0.25) is 5.89 Å². The number of hydrogen-bond donors (Lipinski definition) is 2. The third-order valence-corrected chi connectivity index (χ3v) is 3.21. The van der Waals surface area contributed by atoms with Gasteiger partial charge in [0, 0.05) is 11.1 Å². The van der Waals surface area contributed by atoms with E-state index >= 15 is 0 Å². The lowest BCUT2D eigenvalue weighted by molar-refractivity contribution is 0.378. The van der Waals surface area contributed by atoms with Gasteiger partial charge in [-0.05, 0) is 40.5 Å². The molecular weight excluding hydrogens is 228 g/mol. The van der Waals surface area contributed by atoms with E-state index < -0.39 is 0 Å². The first kappa shape index (κ1) is 15.0. The van der Waals surface area contributed by atoms with Crippen LogP contribution in [0.15, 0.2) is 4.42 Å². The van der Waals surface area contributed by atoms with Crippen LogP contribution in [-0.2, 0) is 6.54 Å². The van der Waals surface area contributed by atoms with Crippen molar-refractivity contribution in [3.63, 3.8) is 0 Å². The van der Waals surface area contributed by atoms with E-state index in [4.69, 9.17) is 4.42 Å². The summed E-state index contributed by atoms with van der Waals surface area (Å²) in [5.74, 6) is 0.613. The number of rotatable bonds is 6. The summed E-state index contributed by atoms with van der Waals surface area (Å²) in [6, 6.07) is 0.506. The molecular formula is C13H26N4O. The minimum absolute atomic E-state index is 0.0151. The highest BCUT2D eigenvalue weighted by atomic mass is 16.4. The zero-order valence-corrected chi connectivity index (χ0v) is 12.4. The van der Waals surface area contributed by atoms with E-state index in [0.717, 1.165) is 12.8 Å². The number of aromatic nitrogens is 2. The van der Waals surface area contributed by atoms with Crippen molar-refractivity contribution in [1.29, 1.82) is 0 Å². The van der Waals surface area contributed by atoms with Crippen LogP contribution in [0.25, 0.3) is 0 Å². The number of nitrogens with zero attached hydrogens (tertiary/aromatic N) is 2. The Bertz CT molecular complexity index is 363. The zero-order valence-electron chi connectivity index (χ0n) is 12.4. The van der Waals surface area contributed by atoms with Crippen molar-refractivity contribution in [2.75, 3.05) is 5.32 Å². The zero-order chi connectivity index (χ0) is 13.8. The first-order valence-corrected chi connectivity index (χ1v) is 6.63. The second kappa shape index (κ2) is 5.69. The van der Waals surface area contributed by atoms with Crippen molar-refractivity contribution in [1.82, 2.24) is 15.5 Å². The summed E-state index contributed by atoms with van der Waals surface area (Å²) in [4.78, 5) is 0. The van der Waals surface area contributed by atoms with E-state index in [-0.39, 0.29) is 11.1 Å². The van der Waals surface area contributed by atoms with E-state index in [2.05, 4.69) is 62.4 Å². The molecule has 5 nitrogen and oxygen atoms in total. The standard InChI is InChI=1S/C13H26N4O/c1-7-13(6,8-2)15-11-17-16-10(18-11)9-14-12(3,4)5/h14H,7-9H2,1-6H3,(H,15,17). The topological polar surface area (TPSA) is 63.0 Å². The predicted octanol–water partition coefficient (Wildman–Crippen LogP) is 2.95. The molecule has 0 spiro atoms. The molecule has 0 radical (unpaired) electrons. The summed E-state index contributed by atoms with van der Waals surface area (Å²) in [6.45, 7) is 13.4. The second-order valence-electron chi connectivity index (χ2n) is 6.00. The molecule has 18 heavy (non-hydrogen) atoms. The Morgan fingerprint density at radius 2 is 1.67 bits per heavy atom. The van der Waals surface area contributed by atoms with Gasteiger partial charge < -0.3 is 15.1 Å². The van der Waals surface area contributed by atoms with Gasteiger partial charge in [-0.3, -0.25) is 0 Å². The average Bonchev–Trinajstić information content (AvgIpc) is 2.73. The second-order valence-corrected chi connectivity index (χ2v) is 6.00. The highest BCUT2D eigenvalue weighted by molar-refractivity contribution is 5.23. The Hall–Kier alpha value is -1.10. The lowest BCUT2D eigenvalue weighted by Gasteiger charge is -2.26. The number of hydrogen-bond acceptors (Lipinski definition) is 5. The summed E-state index contributed by atoms with van der Waals surface area (Å²) >= 11 is 0. The molecule has 1 heterocycles. The average molecular weight is 254 g/mol. The van der Waals surface area contributed by atoms with Crippen LogP contribution in [0.4, 0.5) is 6.01 Å². The number of nitrogens with one attached hydrogen (secondary N) is 2. The summed E-state index contributed by atoms with van der Waals surface area (Å²) in [5.41, 5.74) is 0.0602. The molecule has 0 aliphatic rings. The third-order valence-electron chi connectivity index (χ3n) is 3.21. The monoisotopic (exact) mass is 254 g/mol. The molecule has 0 aliphatic carbocycles. The van der Waals surface area contributed by atoms with Crippen LogP contribution in [0.3, 0.4) is 0 Å².